The molecule has 1 saturated heterocycles. The second-order valence-electron chi connectivity index (χ2n) is 6.15. The van der Waals surface area contributed by atoms with Gasteiger partial charge in [0.25, 0.3) is 0 Å². The molecule has 1 aromatic carbocycles. The van der Waals surface area contributed by atoms with Gasteiger partial charge in [-0.3, -0.25) is 0 Å². The molecule has 0 unspecified atom stereocenters. The number of hydrogen-bond acceptors (Lipinski definition) is 6. The van der Waals surface area contributed by atoms with E-state index >= 15 is 0 Å². The third-order valence-electron chi connectivity index (χ3n) is 4.26. The highest BCUT2D eigenvalue weighted by molar-refractivity contribution is 7.89. The van der Waals surface area contributed by atoms with Gasteiger partial charge >= 0.3 is 0 Å². The molecule has 1 N–H and O–H groups in total. The summed E-state index contributed by atoms with van der Waals surface area (Å²) in [4.78, 5) is 10.0. The molecule has 27 heavy (non-hydrogen) atoms. The normalized spacial score (nSPS) is 15.8. The molecule has 0 atom stereocenters. The molecule has 2 heterocycles. The van der Waals surface area contributed by atoms with E-state index in [1.54, 1.807) is 6.92 Å². The number of aromatic nitrogens is 2. The van der Waals surface area contributed by atoms with E-state index in [1.807, 2.05) is 17.9 Å². The van der Waals surface area contributed by atoms with Crippen LogP contribution in [-0.4, -0.2) is 55.4 Å². The third-order valence-corrected chi connectivity index (χ3v) is 6.17. The minimum atomic E-state index is -4.10. The number of nitrogens with one attached hydrogen (secondary N) is 1. The van der Waals surface area contributed by atoms with E-state index in [0.717, 1.165) is 18.7 Å². The van der Waals surface area contributed by atoms with Crippen LogP contribution in [0.15, 0.2) is 29.2 Å². The number of halogens is 2. The van der Waals surface area contributed by atoms with Gasteiger partial charge in [0.15, 0.2) is 0 Å². The zero-order valence-corrected chi connectivity index (χ0v) is 15.9. The summed E-state index contributed by atoms with van der Waals surface area (Å²) in [5.41, 5.74) is 0. The molecule has 1 fully saturated rings. The second-order valence-corrected chi connectivity index (χ2v) is 8.06. The van der Waals surface area contributed by atoms with Crippen LogP contribution in [0.25, 0.3) is 0 Å². The third kappa shape index (κ3) is 4.16. The lowest BCUT2D eigenvalue weighted by Crippen LogP contribution is -2.49. The summed E-state index contributed by atoms with van der Waals surface area (Å²) >= 11 is 0. The Morgan fingerprint density at radius 1 is 1.11 bits per heavy atom. The molecular weight excluding hydrogens is 376 g/mol. The molecule has 2 aromatic rings. The van der Waals surface area contributed by atoms with Gasteiger partial charge in [0.1, 0.15) is 34.0 Å². The summed E-state index contributed by atoms with van der Waals surface area (Å²) in [6.45, 7) is 5.55. The van der Waals surface area contributed by atoms with E-state index in [0.29, 0.717) is 36.6 Å². The van der Waals surface area contributed by atoms with Crippen molar-refractivity contribution in [3.8, 4) is 0 Å². The molecule has 0 amide bonds. The summed E-state index contributed by atoms with van der Waals surface area (Å²) in [5, 5.41) is 3.13. The summed E-state index contributed by atoms with van der Waals surface area (Å²) in [7, 11) is -4.10. The van der Waals surface area contributed by atoms with Crippen molar-refractivity contribution in [1.82, 2.24) is 14.3 Å². The van der Waals surface area contributed by atoms with Crippen molar-refractivity contribution in [3.63, 3.8) is 0 Å². The molecule has 0 bridgehead atoms. The quantitative estimate of drug-likeness (QED) is 0.832. The average molecular weight is 397 g/mol. The monoisotopic (exact) mass is 397 g/mol. The van der Waals surface area contributed by atoms with Crippen molar-refractivity contribution in [1.29, 1.82) is 0 Å². The Morgan fingerprint density at radius 2 is 1.81 bits per heavy atom. The van der Waals surface area contributed by atoms with Gasteiger partial charge in [-0.1, -0.05) is 0 Å². The van der Waals surface area contributed by atoms with E-state index < -0.39 is 26.6 Å². The van der Waals surface area contributed by atoms with Crippen molar-refractivity contribution < 1.29 is 17.2 Å². The summed E-state index contributed by atoms with van der Waals surface area (Å²) in [5.74, 6) is 0.270. The lowest BCUT2D eigenvalue weighted by molar-refractivity contribution is 0.380. The van der Waals surface area contributed by atoms with Crippen LogP contribution in [0.5, 0.6) is 0 Å². The van der Waals surface area contributed by atoms with Crippen molar-refractivity contribution >= 4 is 21.7 Å². The SMILES string of the molecule is CCNc1cc(N2CCN(S(=O)(=O)c3cc(F)ccc3F)CC2)nc(C)n1. The van der Waals surface area contributed by atoms with Crippen LogP contribution < -0.4 is 10.2 Å². The van der Waals surface area contributed by atoms with Gasteiger partial charge in [0.05, 0.1) is 0 Å². The first-order valence-corrected chi connectivity index (χ1v) is 10.0. The van der Waals surface area contributed by atoms with Crippen LogP contribution in [0.4, 0.5) is 20.4 Å². The Balaban J connectivity index is 1.76. The molecule has 3 rings (SSSR count). The maximum Gasteiger partial charge on any atom is 0.246 e. The lowest BCUT2D eigenvalue weighted by Gasteiger charge is -2.34. The predicted octanol–water partition coefficient (Wildman–Crippen LogP) is 2.01. The van der Waals surface area contributed by atoms with Crippen molar-refractivity contribution in [2.45, 2.75) is 18.7 Å². The Hall–Kier alpha value is -2.33. The minimum Gasteiger partial charge on any atom is -0.370 e. The number of nitrogens with zero attached hydrogens (tertiary/aromatic N) is 4. The molecule has 10 heteroatoms. The topological polar surface area (TPSA) is 78.4 Å². The number of benzene rings is 1. The first kappa shape index (κ1) is 19.4. The summed E-state index contributed by atoms with van der Waals surface area (Å²) < 4.78 is 53.8. The molecule has 0 spiro atoms. The standard InChI is InChI=1S/C17H21F2N5O2S/c1-3-20-16-11-17(22-12(2)21-16)23-6-8-24(9-7-23)27(25,26)15-10-13(18)4-5-14(15)19/h4-5,10-11H,3,6-9H2,1-2H3,(H,20,21,22). The van der Waals surface area contributed by atoms with Crippen LogP contribution >= 0.6 is 0 Å². The van der Waals surface area contributed by atoms with Crippen LogP contribution in [0.1, 0.15) is 12.7 Å². The highest BCUT2D eigenvalue weighted by Gasteiger charge is 2.31. The van der Waals surface area contributed by atoms with E-state index in [-0.39, 0.29) is 13.1 Å². The number of sulfonamides is 1. The largest absolute Gasteiger partial charge is 0.370 e. The maximum absolute atomic E-state index is 13.9. The fraction of sp³-hybridized carbons (Fsp3) is 0.412. The van der Waals surface area contributed by atoms with Gasteiger partial charge in [0.2, 0.25) is 10.0 Å². The van der Waals surface area contributed by atoms with Gasteiger partial charge in [-0.15, -0.1) is 0 Å². The van der Waals surface area contributed by atoms with Gasteiger partial charge in [-0.05, 0) is 32.0 Å². The first-order chi connectivity index (χ1) is 12.8. The fourth-order valence-electron chi connectivity index (χ4n) is 2.96. The number of rotatable bonds is 5. The predicted molar refractivity (Wildman–Crippen MR) is 98.3 cm³/mol. The Kier molecular flexibility index (Phi) is 5.56. The maximum atomic E-state index is 13.9. The first-order valence-electron chi connectivity index (χ1n) is 8.61. The van der Waals surface area contributed by atoms with Gasteiger partial charge < -0.3 is 10.2 Å². The zero-order valence-electron chi connectivity index (χ0n) is 15.1. The molecule has 7 nitrogen and oxygen atoms in total. The Bertz CT molecular complexity index is 931. The average Bonchev–Trinajstić information content (AvgIpc) is 2.63. The molecule has 0 radical (unpaired) electrons. The summed E-state index contributed by atoms with van der Waals surface area (Å²) in [6, 6.07) is 4.25. The molecule has 1 aliphatic rings. The van der Waals surface area contributed by atoms with E-state index in [2.05, 4.69) is 15.3 Å². The van der Waals surface area contributed by atoms with Gasteiger partial charge in [-0.25, -0.2) is 27.2 Å². The van der Waals surface area contributed by atoms with E-state index in [1.165, 1.54) is 4.31 Å². The minimum absolute atomic E-state index is 0.151. The Labute approximate surface area is 157 Å². The summed E-state index contributed by atoms with van der Waals surface area (Å²) in [6.07, 6.45) is 0. The molecule has 1 aliphatic heterocycles. The van der Waals surface area contributed by atoms with E-state index in [9.17, 15) is 17.2 Å². The van der Waals surface area contributed by atoms with Crippen LogP contribution in [-0.2, 0) is 10.0 Å². The van der Waals surface area contributed by atoms with Gasteiger partial charge in [0, 0.05) is 38.8 Å². The lowest BCUT2D eigenvalue weighted by atomic mass is 10.3. The molecule has 146 valence electrons. The second kappa shape index (κ2) is 7.73. The smallest absolute Gasteiger partial charge is 0.246 e. The molecule has 0 aliphatic carbocycles. The fourth-order valence-corrected chi connectivity index (χ4v) is 4.46. The number of anilines is 2. The molecular formula is C17H21F2N5O2S. The zero-order chi connectivity index (χ0) is 19.6. The highest BCUT2D eigenvalue weighted by atomic mass is 32.2. The molecule has 1 aromatic heterocycles. The number of hydrogen-bond donors (Lipinski definition) is 1. The number of aryl methyl sites for hydroxylation is 1. The van der Waals surface area contributed by atoms with Crippen molar-refractivity contribution in [2.75, 3.05) is 42.9 Å². The highest BCUT2D eigenvalue weighted by Crippen LogP contribution is 2.24. The Morgan fingerprint density at radius 3 is 2.48 bits per heavy atom. The number of piperazine rings is 1. The van der Waals surface area contributed by atoms with Gasteiger partial charge in [-0.2, -0.15) is 4.31 Å². The van der Waals surface area contributed by atoms with Crippen LogP contribution in [0.3, 0.4) is 0 Å². The van der Waals surface area contributed by atoms with Crippen LogP contribution in [0, 0.1) is 18.6 Å². The van der Waals surface area contributed by atoms with E-state index in [4.69, 9.17) is 0 Å². The van der Waals surface area contributed by atoms with Crippen molar-refractivity contribution in [2.24, 2.45) is 0 Å². The molecule has 0 saturated carbocycles. The van der Waals surface area contributed by atoms with Crippen LogP contribution in [0.2, 0.25) is 0 Å². The van der Waals surface area contributed by atoms with Crippen molar-refractivity contribution in [3.05, 3.63) is 41.7 Å².